The monoisotopic (exact) mass is 461 g/mol. The van der Waals surface area contributed by atoms with Gasteiger partial charge in [0.1, 0.15) is 0 Å². The summed E-state index contributed by atoms with van der Waals surface area (Å²) in [5.41, 5.74) is 1.63. The first-order valence-corrected chi connectivity index (χ1v) is 10.6. The number of ether oxygens (including phenoxy) is 7. The van der Waals surface area contributed by atoms with E-state index >= 15 is 0 Å². The van der Waals surface area contributed by atoms with Crippen molar-refractivity contribution < 1.29 is 38.0 Å². The summed E-state index contributed by atoms with van der Waals surface area (Å²) in [5.74, 6) is 1.55. The Labute approximate surface area is 193 Å². The standard InChI is InChI=1S/C24H31NO8/c1-27-18-8-7-17(14-19(18)28-2)24(32-10-11-33-24)15-25-22(26)9-6-16-12-20(29-3)23(31-5)21(13-16)30-4/h7-8,12-14H,6,9-11,15H2,1-5H3,(H,25,26). The van der Waals surface area contributed by atoms with Crippen LogP contribution in [0.3, 0.4) is 0 Å². The van der Waals surface area contributed by atoms with Crippen LogP contribution in [0.2, 0.25) is 0 Å². The number of carbonyl (C=O) groups excluding carboxylic acids is 1. The number of aryl methyl sites for hydroxylation is 1. The molecule has 1 fully saturated rings. The summed E-state index contributed by atoms with van der Waals surface area (Å²) >= 11 is 0. The Balaban J connectivity index is 1.67. The van der Waals surface area contributed by atoms with Crippen LogP contribution in [0.15, 0.2) is 30.3 Å². The largest absolute Gasteiger partial charge is 0.493 e. The molecule has 9 heteroatoms. The Hall–Kier alpha value is -3.17. The molecule has 1 heterocycles. The maximum Gasteiger partial charge on any atom is 0.220 e. The van der Waals surface area contributed by atoms with Gasteiger partial charge in [-0.15, -0.1) is 0 Å². The van der Waals surface area contributed by atoms with Crippen molar-refractivity contribution in [1.82, 2.24) is 5.32 Å². The van der Waals surface area contributed by atoms with Gasteiger partial charge in [-0.1, -0.05) is 0 Å². The average Bonchev–Trinajstić information content (AvgIpc) is 3.35. The number of nitrogens with one attached hydrogen (secondary N) is 1. The molecule has 0 aliphatic carbocycles. The van der Waals surface area contributed by atoms with Gasteiger partial charge in [0.05, 0.1) is 55.3 Å². The molecule has 0 saturated carbocycles. The molecule has 0 radical (unpaired) electrons. The smallest absolute Gasteiger partial charge is 0.220 e. The lowest BCUT2D eigenvalue weighted by atomic mass is 10.0. The summed E-state index contributed by atoms with van der Waals surface area (Å²) in [4.78, 5) is 12.6. The van der Waals surface area contributed by atoms with Gasteiger partial charge in [0, 0.05) is 12.0 Å². The van der Waals surface area contributed by atoms with Gasteiger partial charge >= 0.3 is 0 Å². The normalized spacial score (nSPS) is 14.5. The summed E-state index contributed by atoms with van der Waals surface area (Å²) in [7, 11) is 7.81. The molecule has 180 valence electrons. The van der Waals surface area contributed by atoms with Crippen molar-refractivity contribution >= 4 is 5.91 Å². The van der Waals surface area contributed by atoms with E-state index < -0.39 is 5.79 Å². The predicted molar refractivity (Wildman–Crippen MR) is 121 cm³/mol. The Morgan fingerprint density at radius 3 is 2.00 bits per heavy atom. The summed E-state index contributed by atoms with van der Waals surface area (Å²) in [6.07, 6.45) is 0.758. The third kappa shape index (κ3) is 5.43. The van der Waals surface area contributed by atoms with Gasteiger partial charge in [0.25, 0.3) is 0 Å². The van der Waals surface area contributed by atoms with E-state index in [1.165, 1.54) is 0 Å². The van der Waals surface area contributed by atoms with Crippen LogP contribution in [-0.2, 0) is 26.5 Å². The Bertz CT molecular complexity index is 930. The second-order valence-electron chi connectivity index (χ2n) is 7.33. The van der Waals surface area contributed by atoms with Gasteiger partial charge in [-0.25, -0.2) is 0 Å². The second-order valence-corrected chi connectivity index (χ2v) is 7.33. The Kier molecular flexibility index (Phi) is 8.24. The zero-order valence-electron chi connectivity index (χ0n) is 19.7. The van der Waals surface area contributed by atoms with E-state index in [9.17, 15) is 4.79 Å². The fourth-order valence-electron chi connectivity index (χ4n) is 3.74. The van der Waals surface area contributed by atoms with Crippen LogP contribution in [-0.4, -0.2) is 61.2 Å². The average molecular weight is 462 g/mol. The quantitative estimate of drug-likeness (QED) is 0.546. The highest BCUT2D eigenvalue weighted by Crippen LogP contribution is 2.39. The summed E-state index contributed by atoms with van der Waals surface area (Å²) in [6, 6.07) is 9.10. The molecule has 0 bridgehead atoms. The Morgan fingerprint density at radius 1 is 0.848 bits per heavy atom. The van der Waals surface area contributed by atoms with Crippen LogP contribution in [0.25, 0.3) is 0 Å². The van der Waals surface area contributed by atoms with E-state index in [1.54, 1.807) is 47.7 Å². The maximum atomic E-state index is 12.6. The van der Waals surface area contributed by atoms with E-state index in [0.717, 1.165) is 11.1 Å². The first-order valence-electron chi connectivity index (χ1n) is 10.6. The first-order chi connectivity index (χ1) is 16.0. The molecule has 3 rings (SSSR count). The van der Waals surface area contributed by atoms with Crippen molar-refractivity contribution in [2.24, 2.45) is 0 Å². The number of carbonyl (C=O) groups is 1. The van der Waals surface area contributed by atoms with E-state index in [0.29, 0.717) is 48.4 Å². The van der Waals surface area contributed by atoms with Crippen molar-refractivity contribution in [2.75, 3.05) is 55.3 Å². The first kappa shape index (κ1) is 24.5. The van der Waals surface area contributed by atoms with E-state index in [2.05, 4.69) is 5.32 Å². The third-order valence-electron chi connectivity index (χ3n) is 5.46. The summed E-state index contributed by atoms with van der Waals surface area (Å²) in [5, 5.41) is 2.93. The fraction of sp³-hybridized carbons (Fsp3) is 0.458. The molecule has 9 nitrogen and oxygen atoms in total. The van der Waals surface area contributed by atoms with E-state index in [1.807, 2.05) is 18.2 Å². The minimum atomic E-state index is -1.08. The van der Waals surface area contributed by atoms with Gasteiger partial charge < -0.3 is 38.5 Å². The van der Waals surface area contributed by atoms with Crippen LogP contribution < -0.4 is 29.0 Å². The molecule has 1 saturated heterocycles. The van der Waals surface area contributed by atoms with Gasteiger partial charge in [-0.05, 0) is 42.3 Å². The number of amides is 1. The van der Waals surface area contributed by atoms with Gasteiger partial charge in [-0.2, -0.15) is 0 Å². The van der Waals surface area contributed by atoms with Crippen LogP contribution in [0.5, 0.6) is 28.7 Å². The van der Waals surface area contributed by atoms with Gasteiger partial charge in [0.15, 0.2) is 23.0 Å². The number of benzene rings is 2. The molecule has 1 amide bonds. The molecule has 1 N–H and O–H groups in total. The lowest BCUT2D eigenvalue weighted by Gasteiger charge is -2.28. The van der Waals surface area contributed by atoms with E-state index in [4.69, 9.17) is 33.2 Å². The number of rotatable bonds is 11. The molecule has 0 aromatic heterocycles. The van der Waals surface area contributed by atoms with Crippen molar-refractivity contribution in [3.63, 3.8) is 0 Å². The van der Waals surface area contributed by atoms with Crippen molar-refractivity contribution in [1.29, 1.82) is 0 Å². The van der Waals surface area contributed by atoms with Crippen molar-refractivity contribution in [3.8, 4) is 28.7 Å². The predicted octanol–water partition coefficient (Wildman–Crippen LogP) is 2.68. The van der Waals surface area contributed by atoms with Gasteiger partial charge in [-0.3, -0.25) is 4.79 Å². The maximum absolute atomic E-state index is 12.6. The minimum absolute atomic E-state index is 0.136. The zero-order chi connectivity index (χ0) is 23.8. The molecule has 0 spiro atoms. The molecular formula is C24H31NO8. The van der Waals surface area contributed by atoms with E-state index in [-0.39, 0.29) is 18.9 Å². The highest BCUT2D eigenvalue weighted by atomic mass is 16.7. The van der Waals surface area contributed by atoms with Crippen molar-refractivity contribution in [2.45, 2.75) is 18.6 Å². The van der Waals surface area contributed by atoms with Gasteiger partial charge in [0.2, 0.25) is 17.4 Å². The highest BCUT2D eigenvalue weighted by Gasteiger charge is 2.39. The van der Waals surface area contributed by atoms with Crippen molar-refractivity contribution in [3.05, 3.63) is 41.5 Å². The molecule has 2 aromatic rings. The van der Waals surface area contributed by atoms with Crippen LogP contribution in [0.4, 0.5) is 0 Å². The topological polar surface area (TPSA) is 93.7 Å². The third-order valence-corrected chi connectivity index (χ3v) is 5.46. The number of hydrogen-bond donors (Lipinski definition) is 1. The fourth-order valence-corrected chi connectivity index (χ4v) is 3.74. The molecule has 2 aromatic carbocycles. The molecule has 1 aliphatic heterocycles. The summed E-state index contributed by atoms with van der Waals surface area (Å²) in [6.45, 7) is 1.02. The molecule has 33 heavy (non-hydrogen) atoms. The highest BCUT2D eigenvalue weighted by molar-refractivity contribution is 5.76. The number of methoxy groups -OCH3 is 5. The summed E-state index contributed by atoms with van der Waals surface area (Å²) < 4.78 is 38.6. The second kappa shape index (κ2) is 11.1. The minimum Gasteiger partial charge on any atom is -0.493 e. The number of hydrogen-bond acceptors (Lipinski definition) is 8. The molecule has 1 aliphatic rings. The lowest BCUT2D eigenvalue weighted by Crippen LogP contribution is -2.41. The van der Waals surface area contributed by atoms with Crippen LogP contribution in [0, 0.1) is 0 Å². The SMILES string of the molecule is COc1ccc(C2(CNC(=O)CCc3cc(OC)c(OC)c(OC)c3)OCCO2)cc1OC. The lowest BCUT2D eigenvalue weighted by molar-refractivity contribution is -0.165. The zero-order valence-corrected chi connectivity index (χ0v) is 19.7. The van der Waals surface area contributed by atoms with Crippen LogP contribution >= 0.6 is 0 Å². The molecular weight excluding hydrogens is 430 g/mol. The van der Waals surface area contributed by atoms with Crippen LogP contribution in [0.1, 0.15) is 17.5 Å². The molecule has 0 atom stereocenters. The molecule has 0 unspecified atom stereocenters. The Morgan fingerprint density at radius 2 is 1.45 bits per heavy atom.